The van der Waals surface area contributed by atoms with Crippen LogP contribution in [0.4, 0.5) is 14.7 Å². The number of halogens is 2. The van der Waals surface area contributed by atoms with Crippen molar-refractivity contribution < 1.29 is 23.0 Å². The van der Waals surface area contributed by atoms with E-state index in [9.17, 15) is 14.4 Å². The maximum atomic E-state index is 15.7. The van der Waals surface area contributed by atoms with Gasteiger partial charge in [-0.15, -0.1) is 0 Å². The maximum absolute atomic E-state index is 15.7. The maximum Gasteiger partial charge on any atom is 0.260 e. The average molecular weight is 444 g/mol. The number of nitriles is 1. The molecule has 11 heteroatoms. The molecule has 0 aliphatic carbocycles. The van der Waals surface area contributed by atoms with Gasteiger partial charge in [0.05, 0.1) is 25.9 Å². The zero-order valence-electron chi connectivity index (χ0n) is 17.8. The van der Waals surface area contributed by atoms with Gasteiger partial charge >= 0.3 is 0 Å². The molecule has 0 N–H and O–H groups in total. The number of carbonyl (C=O) groups is 1. The highest BCUT2D eigenvalue weighted by Gasteiger charge is 2.45. The molecule has 4 rings (SSSR count). The third-order valence-corrected chi connectivity index (χ3v) is 5.74. The van der Waals surface area contributed by atoms with E-state index in [1.165, 1.54) is 31.3 Å². The van der Waals surface area contributed by atoms with Gasteiger partial charge in [-0.2, -0.15) is 14.6 Å². The Morgan fingerprint density at radius 1 is 1.28 bits per heavy atom. The lowest BCUT2D eigenvalue weighted by Crippen LogP contribution is -2.53. The lowest BCUT2D eigenvalue weighted by Gasteiger charge is -2.38. The van der Waals surface area contributed by atoms with Crippen LogP contribution < -0.4 is 14.4 Å². The predicted molar refractivity (Wildman–Crippen MR) is 108 cm³/mol. The summed E-state index contributed by atoms with van der Waals surface area (Å²) in [4.78, 5) is 28.5. The summed E-state index contributed by atoms with van der Waals surface area (Å²) in [7, 11) is 1.31. The van der Waals surface area contributed by atoms with Crippen molar-refractivity contribution in [1.29, 1.82) is 5.26 Å². The molecule has 0 atom stereocenters. The highest BCUT2D eigenvalue weighted by molar-refractivity contribution is 5.85. The van der Waals surface area contributed by atoms with Gasteiger partial charge in [-0.05, 0) is 6.92 Å². The number of aryl methyl sites for hydroxylation is 1. The molecule has 9 nitrogen and oxygen atoms in total. The minimum atomic E-state index is -2.06. The summed E-state index contributed by atoms with van der Waals surface area (Å²) < 4.78 is 40.3. The van der Waals surface area contributed by atoms with E-state index in [2.05, 4.69) is 15.0 Å². The zero-order valence-corrected chi connectivity index (χ0v) is 17.8. The molecule has 0 saturated carbocycles. The number of methoxy groups -OCH3 is 1. The summed E-state index contributed by atoms with van der Waals surface area (Å²) in [5.41, 5.74) is -1.07. The summed E-state index contributed by atoms with van der Waals surface area (Å²) in [6, 6.07) is 2.02. The molecular weight excluding hydrogens is 422 g/mol. The molecule has 1 fully saturated rings. The molecule has 1 amide bonds. The molecule has 0 unspecified atom stereocenters. The number of carbonyl (C=O) groups excluding carboxylic acids is 1. The normalized spacial score (nSPS) is 17.6. The number of hydrogen-bond donors (Lipinski definition) is 0. The predicted octanol–water partition coefficient (Wildman–Crippen LogP) is 1.93. The molecule has 32 heavy (non-hydrogen) atoms. The van der Waals surface area contributed by atoms with E-state index >= 15 is 4.39 Å². The quantitative estimate of drug-likeness (QED) is 0.707. The van der Waals surface area contributed by atoms with Gasteiger partial charge in [0.2, 0.25) is 11.8 Å². The number of rotatable bonds is 3. The smallest absolute Gasteiger partial charge is 0.260 e. The largest absolute Gasteiger partial charge is 0.490 e. The Bertz CT molecular complexity index is 1080. The number of fused-ring (bicyclic) bond motifs is 1. The van der Waals surface area contributed by atoms with Crippen LogP contribution in [0.3, 0.4) is 0 Å². The molecule has 0 spiro atoms. The third kappa shape index (κ3) is 3.88. The van der Waals surface area contributed by atoms with Crippen LogP contribution in [0.5, 0.6) is 11.6 Å². The van der Waals surface area contributed by atoms with E-state index in [0.29, 0.717) is 11.3 Å². The van der Waals surface area contributed by atoms with Crippen molar-refractivity contribution >= 4 is 11.9 Å². The highest BCUT2D eigenvalue weighted by atomic mass is 19.1. The second kappa shape index (κ2) is 8.53. The molecule has 168 valence electrons. The van der Waals surface area contributed by atoms with Gasteiger partial charge in [-0.25, -0.2) is 9.37 Å². The Morgan fingerprint density at radius 2 is 2.03 bits per heavy atom. The van der Waals surface area contributed by atoms with Crippen molar-refractivity contribution in [3.05, 3.63) is 35.0 Å². The van der Waals surface area contributed by atoms with Gasteiger partial charge in [-0.1, -0.05) is 0 Å². The van der Waals surface area contributed by atoms with Crippen LogP contribution in [-0.2, 0) is 11.3 Å². The molecule has 2 aromatic heterocycles. The highest BCUT2D eigenvalue weighted by Crippen LogP contribution is 2.33. The first-order valence-electron chi connectivity index (χ1n) is 10.2. The van der Waals surface area contributed by atoms with Crippen molar-refractivity contribution in [2.24, 2.45) is 0 Å². The molecule has 2 aliphatic rings. The number of anilines is 1. The van der Waals surface area contributed by atoms with Crippen molar-refractivity contribution in [3.8, 4) is 17.7 Å². The molecular formula is C21H22F2N6O3. The lowest BCUT2D eigenvalue weighted by molar-refractivity contribution is -0.146. The Labute approximate surface area is 183 Å². The van der Waals surface area contributed by atoms with Gasteiger partial charge in [0.1, 0.15) is 24.0 Å². The second-order valence-electron chi connectivity index (χ2n) is 7.75. The van der Waals surface area contributed by atoms with Crippen LogP contribution in [0.15, 0.2) is 12.4 Å². The van der Waals surface area contributed by atoms with E-state index in [0.717, 1.165) is 0 Å². The molecule has 2 aliphatic heterocycles. The first-order valence-corrected chi connectivity index (χ1v) is 10.2. The summed E-state index contributed by atoms with van der Waals surface area (Å²) in [5, 5.41) is 9.24. The third-order valence-electron chi connectivity index (χ3n) is 5.74. The van der Waals surface area contributed by atoms with Crippen molar-refractivity contribution in [2.45, 2.75) is 32.0 Å². The SMILES string of the molecule is COc1nc(N2CCC(F)(C(=O)N3CCOc4c(C#N)cncc4C3)CC2)nc(C)c1F. The fourth-order valence-electron chi connectivity index (χ4n) is 3.92. The molecule has 0 aromatic carbocycles. The van der Waals surface area contributed by atoms with E-state index in [1.807, 2.05) is 6.07 Å². The number of aromatic nitrogens is 3. The van der Waals surface area contributed by atoms with Gasteiger partial charge in [0.15, 0.2) is 5.67 Å². The molecule has 2 aromatic rings. The topological polar surface area (TPSA) is 104 Å². The average Bonchev–Trinajstić information content (AvgIpc) is 3.03. The van der Waals surface area contributed by atoms with E-state index < -0.39 is 17.4 Å². The van der Waals surface area contributed by atoms with Crippen molar-refractivity contribution in [2.75, 3.05) is 38.3 Å². The first-order chi connectivity index (χ1) is 15.4. The summed E-state index contributed by atoms with van der Waals surface area (Å²) in [5.74, 6) is -0.805. The standard InChI is InChI=1S/C21H22F2N6O3/c1-13-16(22)18(31-2)27-20(26-13)28-5-3-21(23,4-6-28)19(30)29-7-8-32-17-14(9-24)10-25-11-15(17)12-29/h10-11H,3-8,12H2,1-2H3. The van der Waals surface area contributed by atoms with Crippen LogP contribution >= 0.6 is 0 Å². The Balaban J connectivity index is 1.48. The van der Waals surface area contributed by atoms with Crippen LogP contribution in [-0.4, -0.2) is 64.8 Å². The monoisotopic (exact) mass is 444 g/mol. The first kappa shape index (κ1) is 21.7. The molecule has 1 saturated heterocycles. The minimum absolute atomic E-state index is 0.0609. The van der Waals surface area contributed by atoms with Gasteiger partial charge in [-0.3, -0.25) is 9.78 Å². The molecule has 0 bridgehead atoms. The summed E-state index contributed by atoms with van der Waals surface area (Å²) >= 11 is 0. The van der Waals surface area contributed by atoms with Gasteiger partial charge < -0.3 is 19.3 Å². The van der Waals surface area contributed by atoms with E-state index in [-0.39, 0.29) is 68.7 Å². The Kier molecular flexibility index (Phi) is 5.78. The van der Waals surface area contributed by atoms with E-state index in [4.69, 9.17) is 9.47 Å². The number of pyridine rings is 1. The lowest BCUT2D eigenvalue weighted by atomic mass is 9.91. The fourth-order valence-corrected chi connectivity index (χ4v) is 3.92. The van der Waals surface area contributed by atoms with Crippen LogP contribution in [0.2, 0.25) is 0 Å². The number of alkyl halides is 1. The van der Waals surface area contributed by atoms with Crippen molar-refractivity contribution in [1.82, 2.24) is 19.9 Å². The van der Waals surface area contributed by atoms with E-state index in [1.54, 1.807) is 4.90 Å². The molecule has 4 heterocycles. The van der Waals surface area contributed by atoms with Gasteiger partial charge in [0, 0.05) is 43.9 Å². The Morgan fingerprint density at radius 3 is 2.72 bits per heavy atom. The second-order valence-corrected chi connectivity index (χ2v) is 7.75. The number of amides is 1. The number of hydrogen-bond acceptors (Lipinski definition) is 8. The van der Waals surface area contributed by atoms with Crippen molar-refractivity contribution in [3.63, 3.8) is 0 Å². The Hall–Kier alpha value is -3.55. The van der Waals surface area contributed by atoms with Crippen LogP contribution in [0.1, 0.15) is 29.7 Å². The summed E-state index contributed by atoms with van der Waals surface area (Å²) in [6.45, 7) is 2.35. The number of nitrogens with zero attached hydrogens (tertiary/aromatic N) is 6. The van der Waals surface area contributed by atoms with Crippen LogP contribution in [0.25, 0.3) is 0 Å². The fraction of sp³-hybridized carbons (Fsp3) is 0.476. The molecule has 0 radical (unpaired) electrons. The summed E-state index contributed by atoms with van der Waals surface area (Å²) in [6.07, 6.45) is 2.80. The zero-order chi connectivity index (χ0) is 22.9. The number of piperidine rings is 1. The van der Waals surface area contributed by atoms with Gasteiger partial charge in [0.25, 0.3) is 11.8 Å². The minimum Gasteiger partial charge on any atom is -0.490 e. The van der Waals surface area contributed by atoms with Crippen LogP contribution in [0, 0.1) is 24.1 Å². The number of ether oxygens (including phenoxy) is 2.